The highest BCUT2D eigenvalue weighted by Gasteiger charge is 2.51. The first kappa shape index (κ1) is 20.5. The maximum absolute atomic E-state index is 12.5. The van der Waals surface area contributed by atoms with Gasteiger partial charge in [0.1, 0.15) is 0 Å². The predicted octanol–water partition coefficient (Wildman–Crippen LogP) is 2.95. The summed E-state index contributed by atoms with van der Waals surface area (Å²) in [6, 6.07) is 3.96. The van der Waals surface area contributed by atoms with Crippen LogP contribution in [-0.2, 0) is 16.1 Å². The fourth-order valence-corrected chi connectivity index (χ4v) is 4.68. The summed E-state index contributed by atoms with van der Waals surface area (Å²) in [5, 5.41) is 9.83. The third kappa shape index (κ3) is 4.79. The number of piperidine rings is 1. The molecular weight excluding hydrogens is 354 g/mol. The van der Waals surface area contributed by atoms with E-state index in [1.807, 2.05) is 30.0 Å². The molecule has 1 unspecified atom stereocenters. The number of hydrogen-bond acceptors (Lipinski definition) is 4. The van der Waals surface area contributed by atoms with E-state index in [0.29, 0.717) is 26.1 Å². The van der Waals surface area contributed by atoms with Gasteiger partial charge in [-0.3, -0.25) is 19.5 Å². The molecule has 0 bridgehead atoms. The van der Waals surface area contributed by atoms with Gasteiger partial charge in [-0.25, -0.2) is 0 Å². The molecule has 2 fully saturated rings. The van der Waals surface area contributed by atoms with Gasteiger partial charge >= 0.3 is 5.97 Å². The molecule has 3 rings (SSSR count). The quantitative estimate of drug-likeness (QED) is 0.577. The number of carbonyl (C=O) groups excluding carboxylic acids is 1. The largest absolute Gasteiger partial charge is 0.481 e. The molecule has 1 aromatic heterocycles. The standard InChI is InChI=1S/C22H31N3O3/c1-2-3-4-5-6-20(26)25-13-9-22(10-14-25)17-24(16-19(22)21(27)28)15-18-7-11-23-12-8-18/h2-3,7-8,11-12,19H,4-6,9-10,13-17H2,1H3,(H,27,28). The average molecular weight is 386 g/mol. The monoisotopic (exact) mass is 385 g/mol. The van der Waals surface area contributed by atoms with E-state index in [9.17, 15) is 14.7 Å². The zero-order chi connectivity index (χ0) is 20.0. The molecule has 3 heterocycles. The molecule has 1 aromatic rings. The third-order valence-corrected chi connectivity index (χ3v) is 6.28. The fraction of sp³-hybridized carbons (Fsp3) is 0.591. The van der Waals surface area contributed by atoms with E-state index in [2.05, 4.69) is 16.0 Å². The van der Waals surface area contributed by atoms with Crippen LogP contribution in [0.3, 0.4) is 0 Å². The molecule has 0 aromatic carbocycles. The van der Waals surface area contributed by atoms with Crippen LogP contribution in [-0.4, -0.2) is 57.9 Å². The molecule has 6 heteroatoms. The van der Waals surface area contributed by atoms with E-state index < -0.39 is 5.97 Å². The van der Waals surface area contributed by atoms with Gasteiger partial charge in [0, 0.05) is 57.0 Å². The fourth-order valence-electron chi connectivity index (χ4n) is 4.68. The highest BCUT2D eigenvalue weighted by molar-refractivity contribution is 5.76. The van der Waals surface area contributed by atoms with Gasteiger partial charge < -0.3 is 10.0 Å². The SMILES string of the molecule is CC=CCCCC(=O)N1CCC2(CC1)CN(Cc1ccncc1)CC2C(=O)O. The van der Waals surface area contributed by atoms with Gasteiger partial charge in [-0.15, -0.1) is 0 Å². The number of amides is 1. The Morgan fingerprint density at radius 2 is 2.00 bits per heavy atom. The zero-order valence-corrected chi connectivity index (χ0v) is 16.7. The minimum absolute atomic E-state index is 0.206. The van der Waals surface area contributed by atoms with E-state index in [4.69, 9.17) is 0 Å². The van der Waals surface area contributed by atoms with Crippen LogP contribution in [0.4, 0.5) is 0 Å². The average Bonchev–Trinajstić information content (AvgIpc) is 3.04. The van der Waals surface area contributed by atoms with Crippen molar-refractivity contribution in [2.45, 2.75) is 45.6 Å². The second kappa shape index (κ2) is 9.32. The molecular formula is C22H31N3O3. The zero-order valence-electron chi connectivity index (χ0n) is 16.7. The number of hydrogen-bond donors (Lipinski definition) is 1. The summed E-state index contributed by atoms with van der Waals surface area (Å²) < 4.78 is 0. The van der Waals surface area contributed by atoms with Crippen molar-refractivity contribution in [1.29, 1.82) is 0 Å². The lowest BCUT2D eigenvalue weighted by Crippen LogP contribution is -2.47. The number of likely N-dealkylation sites (tertiary alicyclic amines) is 2. The van der Waals surface area contributed by atoms with Gasteiger partial charge in [0.15, 0.2) is 0 Å². The first-order chi connectivity index (χ1) is 13.5. The molecule has 2 aliphatic rings. The van der Waals surface area contributed by atoms with Crippen LogP contribution >= 0.6 is 0 Å². The van der Waals surface area contributed by atoms with Crippen molar-refractivity contribution in [2.75, 3.05) is 26.2 Å². The van der Waals surface area contributed by atoms with Gasteiger partial charge in [0.2, 0.25) is 5.91 Å². The van der Waals surface area contributed by atoms with Crippen LogP contribution in [0.2, 0.25) is 0 Å². The summed E-state index contributed by atoms with van der Waals surface area (Å²) in [5.74, 6) is -0.859. The number of rotatable bonds is 7. The Morgan fingerprint density at radius 3 is 2.64 bits per heavy atom. The van der Waals surface area contributed by atoms with Gasteiger partial charge in [-0.05, 0) is 50.3 Å². The van der Waals surface area contributed by atoms with Crippen LogP contribution in [0.15, 0.2) is 36.7 Å². The maximum Gasteiger partial charge on any atom is 0.308 e. The van der Waals surface area contributed by atoms with Crippen LogP contribution in [0.1, 0.15) is 44.6 Å². The Bertz CT molecular complexity index is 696. The number of carbonyl (C=O) groups is 2. The topological polar surface area (TPSA) is 73.7 Å². The lowest BCUT2D eigenvalue weighted by atomic mass is 9.71. The molecule has 1 spiro atoms. The molecule has 2 aliphatic heterocycles. The first-order valence-corrected chi connectivity index (χ1v) is 10.3. The predicted molar refractivity (Wildman–Crippen MR) is 108 cm³/mol. The summed E-state index contributed by atoms with van der Waals surface area (Å²) in [6.07, 6.45) is 11.6. The molecule has 1 atom stereocenters. The molecule has 0 aliphatic carbocycles. The molecule has 1 N–H and O–H groups in total. The van der Waals surface area contributed by atoms with Crippen molar-refractivity contribution in [3.05, 3.63) is 42.2 Å². The number of nitrogens with zero attached hydrogens (tertiary/aromatic N) is 3. The molecule has 152 valence electrons. The molecule has 2 saturated heterocycles. The molecule has 0 radical (unpaired) electrons. The van der Waals surface area contributed by atoms with Gasteiger partial charge in [0.05, 0.1) is 5.92 Å². The number of allylic oxidation sites excluding steroid dienone is 2. The molecule has 0 saturated carbocycles. The Labute approximate surface area is 167 Å². The third-order valence-electron chi connectivity index (χ3n) is 6.28. The maximum atomic E-state index is 12.5. The highest BCUT2D eigenvalue weighted by Crippen LogP contribution is 2.45. The summed E-state index contributed by atoms with van der Waals surface area (Å²) in [7, 11) is 0. The Balaban J connectivity index is 1.58. The Morgan fingerprint density at radius 1 is 1.29 bits per heavy atom. The highest BCUT2D eigenvalue weighted by atomic mass is 16.4. The van der Waals surface area contributed by atoms with Crippen molar-refractivity contribution >= 4 is 11.9 Å². The number of aliphatic carboxylic acids is 1. The second-order valence-electron chi connectivity index (χ2n) is 8.12. The van der Waals surface area contributed by atoms with E-state index in [1.165, 1.54) is 0 Å². The normalized spacial score (nSPS) is 22.2. The number of pyridine rings is 1. The van der Waals surface area contributed by atoms with Crippen molar-refractivity contribution < 1.29 is 14.7 Å². The van der Waals surface area contributed by atoms with Gasteiger partial charge in [-0.1, -0.05) is 12.2 Å². The van der Waals surface area contributed by atoms with Crippen molar-refractivity contribution in [2.24, 2.45) is 11.3 Å². The summed E-state index contributed by atoms with van der Waals surface area (Å²) in [6.45, 7) is 5.46. The smallest absolute Gasteiger partial charge is 0.308 e. The van der Waals surface area contributed by atoms with E-state index in [-0.39, 0.29) is 17.2 Å². The van der Waals surface area contributed by atoms with Crippen LogP contribution in [0.5, 0.6) is 0 Å². The van der Waals surface area contributed by atoms with Gasteiger partial charge in [-0.2, -0.15) is 0 Å². The lowest BCUT2D eigenvalue weighted by Gasteiger charge is -2.41. The van der Waals surface area contributed by atoms with Crippen molar-refractivity contribution in [3.8, 4) is 0 Å². The number of unbranched alkanes of at least 4 members (excludes halogenated alkanes) is 1. The molecule has 28 heavy (non-hydrogen) atoms. The molecule has 6 nitrogen and oxygen atoms in total. The number of carboxylic acids is 1. The van der Waals surface area contributed by atoms with Crippen molar-refractivity contribution in [3.63, 3.8) is 0 Å². The number of aromatic nitrogens is 1. The van der Waals surface area contributed by atoms with Gasteiger partial charge in [0.25, 0.3) is 0 Å². The number of carboxylic acid groups (broad SMARTS) is 1. The van der Waals surface area contributed by atoms with Crippen LogP contribution < -0.4 is 0 Å². The minimum atomic E-state index is -0.705. The van der Waals surface area contributed by atoms with Crippen LogP contribution in [0.25, 0.3) is 0 Å². The van der Waals surface area contributed by atoms with Crippen LogP contribution in [0, 0.1) is 11.3 Å². The van der Waals surface area contributed by atoms with E-state index in [0.717, 1.165) is 44.3 Å². The minimum Gasteiger partial charge on any atom is -0.481 e. The Kier molecular flexibility index (Phi) is 6.83. The van der Waals surface area contributed by atoms with Crippen molar-refractivity contribution in [1.82, 2.24) is 14.8 Å². The molecule has 1 amide bonds. The lowest BCUT2D eigenvalue weighted by molar-refractivity contribution is -0.146. The van der Waals surface area contributed by atoms with E-state index in [1.54, 1.807) is 12.4 Å². The summed E-state index contributed by atoms with van der Waals surface area (Å²) in [5.41, 5.74) is 0.936. The van der Waals surface area contributed by atoms with E-state index >= 15 is 0 Å². The first-order valence-electron chi connectivity index (χ1n) is 10.3. The summed E-state index contributed by atoms with van der Waals surface area (Å²) in [4.78, 5) is 32.7. The summed E-state index contributed by atoms with van der Waals surface area (Å²) >= 11 is 0. The Hall–Kier alpha value is -2.21. The second-order valence-corrected chi connectivity index (χ2v) is 8.12.